The summed E-state index contributed by atoms with van der Waals surface area (Å²) >= 11 is 30.5. The van der Waals surface area contributed by atoms with Gasteiger partial charge in [-0.15, -0.1) is 0 Å². The molecule has 3 rings (SSSR count). The number of rotatable bonds is 4. The van der Waals surface area contributed by atoms with E-state index in [1.807, 2.05) is 0 Å². The number of halogens is 7. The van der Waals surface area contributed by atoms with Crippen molar-refractivity contribution >= 4 is 75.6 Å². The summed E-state index contributed by atoms with van der Waals surface area (Å²) in [5.41, 5.74) is -1.02. The van der Waals surface area contributed by atoms with Gasteiger partial charge in [0.1, 0.15) is 28.0 Å². The molecule has 3 aromatic rings. The number of anilines is 1. The zero-order valence-electron chi connectivity index (χ0n) is 15.4. The Bertz CT molecular complexity index is 1220. The number of carbonyl (C=O) groups is 2. The summed E-state index contributed by atoms with van der Waals surface area (Å²) in [6.45, 7) is 0. The molecule has 3 aromatic carbocycles. The van der Waals surface area contributed by atoms with Gasteiger partial charge in [0.15, 0.2) is 5.75 Å². The maximum Gasteiger partial charge on any atom is 0.326 e. The van der Waals surface area contributed by atoms with E-state index in [4.69, 9.17) is 62.7 Å². The van der Waals surface area contributed by atoms with Crippen molar-refractivity contribution in [1.82, 2.24) is 5.32 Å². The zero-order valence-corrected chi connectivity index (χ0v) is 19.2. The van der Waals surface area contributed by atoms with Crippen molar-refractivity contribution in [2.24, 2.45) is 0 Å². The van der Waals surface area contributed by atoms with Crippen molar-refractivity contribution in [1.29, 1.82) is 0 Å². The van der Waals surface area contributed by atoms with E-state index in [1.165, 1.54) is 24.3 Å². The number of urea groups is 1. The first-order valence-corrected chi connectivity index (χ1v) is 10.3. The zero-order chi connectivity index (χ0) is 23.6. The molecule has 12 heteroatoms. The monoisotopic (exact) mass is 538 g/mol. The van der Waals surface area contributed by atoms with Gasteiger partial charge in [0.2, 0.25) is 0 Å². The molecule has 0 radical (unpaired) electrons. The molecule has 0 aromatic heterocycles. The number of hydrogen-bond donors (Lipinski definition) is 2. The van der Waals surface area contributed by atoms with Crippen molar-refractivity contribution in [3.05, 3.63) is 84.8 Å². The average molecular weight is 541 g/mol. The first-order chi connectivity index (χ1) is 15.1. The van der Waals surface area contributed by atoms with Crippen LogP contribution >= 0.6 is 58.0 Å². The van der Waals surface area contributed by atoms with Gasteiger partial charge in [-0.25, -0.2) is 13.6 Å². The number of ether oxygens (including phenoxy) is 1. The standard InChI is InChI=1S/C20H9Cl5F2N2O3/c21-8-4-5-14(9(22)6-8)32-18-10(23)7-13(16(24)17(18)25)28-20(31)29-19(30)15-11(26)2-1-3-12(15)27/h1-7H,(H2,28,29,30,31). The fourth-order valence-electron chi connectivity index (χ4n) is 2.46. The molecule has 166 valence electrons. The highest BCUT2D eigenvalue weighted by Crippen LogP contribution is 2.46. The van der Waals surface area contributed by atoms with Gasteiger partial charge in [-0.2, -0.15) is 0 Å². The summed E-state index contributed by atoms with van der Waals surface area (Å²) in [5.74, 6) is -3.45. The molecular formula is C20H9Cl5F2N2O3. The van der Waals surface area contributed by atoms with Gasteiger partial charge >= 0.3 is 6.03 Å². The Kier molecular flexibility index (Phi) is 7.69. The Morgan fingerprint density at radius 3 is 2.12 bits per heavy atom. The summed E-state index contributed by atoms with van der Waals surface area (Å²) in [6, 6.07) is 7.34. The third kappa shape index (κ3) is 5.36. The van der Waals surface area contributed by atoms with Crippen LogP contribution in [0.4, 0.5) is 19.3 Å². The van der Waals surface area contributed by atoms with Crippen molar-refractivity contribution < 1.29 is 23.1 Å². The van der Waals surface area contributed by atoms with Crippen molar-refractivity contribution in [3.8, 4) is 11.5 Å². The molecule has 32 heavy (non-hydrogen) atoms. The first-order valence-electron chi connectivity index (χ1n) is 8.45. The molecule has 2 N–H and O–H groups in total. The molecule has 3 amide bonds. The van der Waals surface area contributed by atoms with Gasteiger partial charge in [-0.1, -0.05) is 64.1 Å². The van der Waals surface area contributed by atoms with Gasteiger partial charge < -0.3 is 10.1 Å². The van der Waals surface area contributed by atoms with E-state index in [0.29, 0.717) is 5.02 Å². The van der Waals surface area contributed by atoms with E-state index < -0.39 is 29.1 Å². The Hall–Kier alpha value is -2.29. The minimum Gasteiger partial charge on any atom is -0.453 e. The highest BCUT2D eigenvalue weighted by Gasteiger charge is 2.22. The second-order valence-corrected chi connectivity index (χ2v) is 8.05. The Labute approximate surface area is 205 Å². The van der Waals surface area contributed by atoms with E-state index >= 15 is 0 Å². The molecular weight excluding hydrogens is 531 g/mol. The van der Waals surface area contributed by atoms with Gasteiger partial charge in [0, 0.05) is 5.02 Å². The number of carbonyl (C=O) groups excluding carboxylic acids is 2. The number of nitrogens with one attached hydrogen (secondary N) is 2. The molecule has 0 aliphatic heterocycles. The van der Waals surface area contributed by atoms with Crippen molar-refractivity contribution in [2.75, 3.05) is 5.32 Å². The van der Waals surface area contributed by atoms with Crippen LogP contribution in [0.1, 0.15) is 10.4 Å². The maximum atomic E-state index is 13.7. The Morgan fingerprint density at radius 2 is 1.50 bits per heavy atom. The first kappa shape index (κ1) is 24.4. The summed E-state index contributed by atoms with van der Waals surface area (Å²) in [7, 11) is 0. The number of imide groups is 1. The van der Waals surface area contributed by atoms with Crippen LogP contribution in [0.5, 0.6) is 11.5 Å². The number of hydrogen-bond acceptors (Lipinski definition) is 3. The second kappa shape index (κ2) is 10.1. The van der Waals surface area contributed by atoms with Crippen LogP contribution in [0, 0.1) is 11.6 Å². The second-order valence-electron chi connectivity index (χ2n) is 6.04. The van der Waals surface area contributed by atoms with Crippen LogP contribution in [-0.2, 0) is 0 Å². The summed E-state index contributed by atoms with van der Waals surface area (Å²) in [6.07, 6.45) is 0. The number of amides is 3. The van der Waals surface area contributed by atoms with Crippen LogP contribution in [0.3, 0.4) is 0 Å². The highest BCUT2D eigenvalue weighted by molar-refractivity contribution is 6.47. The molecule has 0 aliphatic rings. The molecule has 0 saturated heterocycles. The van der Waals surface area contributed by atoms with E-state index in [9.17, 15) is 18.4 Å². The fraction of sp³-hybridized carbons (Fsp3) is 0. The lowest BCUT2D eigenvalue weighted by atomic mass is 10.2. The molecule has 0 spiro atoms. The molecule has 0 fully saturated rings. The highest BCUT2D eigenvalue weighted by atomic mass is 35.5. The summed E-state index contributed by atoms with van der Waals surface area (Å²) in [5, 5.41) is 4.15. The third-order valence-corrected chi connectivity index (χ3v) is 5.55. The predicted molar refractivity (Wildman–Crippen MR) is 121 cm³/mol. The van der Waals surface area contributed by atoms with Crippen LogP contribution in [0.25, 0.3) is 0 Å². The third-order valence-electron chi connectivity index (χ3n) is 3.89. The van der Waals surface area contributed by atoms with Crippen molar-refractivity contribution in [3.63, 3.8) is 0 Å². The molecule has 0 unspecified atom stereocenters. The quantitative estimate of drug-likeness (QED) is 0.330. The van der Waals surface area contributed by atoms with Gasteiger partial charge in [0.05, 0.1) is 20.8 Å². The van der Waals surface area contributed by atoms with Gasteiger partial charge in [-0.3, -0.25) is 10.1 Å². The fourth-order valence-corrected chi connectivity index (χ4v) is 3.63. The van der Waals surface area contributed by atoms with Crippen LogP contribution < -0.4 is 15.4 Å². The molecule has 5 nitrogen and oxygen atoms in total. The minimum absolute atomic E-state index is 0.0574. The van der Waals surface area contributed by atoms with Crippen LogP contribution in [-0.4, -0.2) is 11.9 Å². The van der Waals surface area contributed by atoms with Crippen LogP contribution in [0.2, 0.25) is 25.1 Å². The predicted octanol–water partition coefficient (Wildman–Crippen LogP) is 7.99. The minimum atomic E-state index is -1.30. The normalized spacial score (nSPS) is 10.6. The molecule has 0 bridgehead atoms. The number of benzene rings is 3. The Balaban J connectivity index is 1.80. The van der Waals surface area contributed by atoms with Gasteiger partial charge in [-0.05, 0) is 36.4 Å². The van der Waals surface area contributed by atoms with Crippen molar-refractivity contribution in [2.45, 2.75) is 0 Å². The molecule has 0 heterocycles. The molecule has 0 saturated carbocycles. The largest absolute Gasteiger partial charge is 0.453 e. The lowest BCUT2D eigenvalue weighted by Gasteiger charge is -2.15. The summed E-state index contributed by atoms with van der Waals surface area (Å²) in [4.78, 5) is 24.2. The van der Waals surface area contributed by atoms with E-state index in [2.05, 4.69) is 5.32 Å². The average Bonchev–Trinajstić information content (AvgIpc) is 2.70. The SMILES string of the molecule is O=C(NC(=O)c1c(F)cccc1F)Nc1cc(Cl)c(Oc2ccc(Cl)cc2Cl)c(Cl)c1Cl. The summed E-state index contributed by atoms with van der Waals surface area (Å²) < 4.78 is 33.0. The maximum absolute atomic E-state index is 13.7. The lowest BCUT2D eigenvalue weighted by Crippen LogP contribution is -2.35. The smallest absolute Gasteiger partial charge is 0.326 e. The van der Waals surface area contributed by atoms with Crippen LogP contribution in [0.15, 0.2) is 42.5 Å². The molecule has 0 atom stereocenters. The lowest BCUT2D eigenvalue weighted by molar-refractivity contribution is 0.0959. The van der Waals surface area contributed by atoms with E-state index in [0.717, 1.165) is 18.2 Å². The van der Waals surface area contributed by atoms with Gasteiger partial charge in [0.25, 0.3) is 5.91 Å². The Morgan fingerprint density at radius 1 is 0.844 bits per heavy atom. The topological polar surface area (TPSA) is 67.4 Å². The van der Waals surface area contributed by atoms with E-state index in [-0.39, 0.29) is 37.3 Å². The van der Waals surface area contributed by atoms with E-state index in [1.54, 1.807) is 5.32 Å². The molecule has 0 aliphatic carbocycles.